The molecule has 5 aromatic rings. The standard InChI is InChI=1S/C22H17N5O3S/c1-29-15-10-8-14(9-11-15)23-19(28)13-31-22-26-25-20-16-5-2-3-6-17(16)24-21(27(20)22)18-7-4-12-30-18/h2-12H,13H2,1H3,(H,23,28). The third-order valence-corrected chi connectivity index (χ3v) is 5.59. The SMILES string of the molecule is COc1ccc(NC(=O)CSc2nnc3c4ccccc4nc(-c4ccco4)n23)cc1. The van der Waals surface area contributed by atoms with Crippen LogP contribution in [0.3, 0.4) is 0 Å². The van der Waals surface area contributed by atoms with Crippen LogP contribution in [0.1, 0.15) is 0 Å². The van der Waals surface area contributed by atoms with Crippen LogP contribution in [-0.4, -0.2) is 38.4 Å². The van der Waals surface area contributed by atoms with Crippen LogP contribution in [0, 0.1) is 0 Å². The zero-order chi connectivity index (χ0) is 21.2. The smallest absolute Gasteiger partial charge is 0.234 e. The van der Waals surface area contributed by atoms with Crippen LogP contribution in [0.5, 0.6) is 5.75 Å². The number of hydrogen-bond acceptors (Lipinski definition) is 7. The van der Waals surface area contributed by atoms with Gasteiger partial charge in [-0.2, -0.15) is 0 Å². The van der Waals surface area contributed by atoms with Crippen LogP contribution in [0.25, 0.3) is 28.1 Å². The number of hydrogen-bond donors (Lipinski definition) is 1. The summed E-state index contributed by atoms with van der Waals surface area (Å²) in [6.45, 7) is 0. The zero-order valence-electron chi connectivity index (χ0n) is 16.5. The van der Waals surface area contributed by atoms with Crippen LogP contribution in [0.4, 0.5) is 5.69 Å². The molecule has 154 valence electrons. The van der Waals surface area contributed by atoms with E-state index in [0.717, 1.165) is 16.7 Å². The summed E-state index contributed by atoms with van der Waals surface area (Å²) in [7, 11) is 1.60. The first-order valence-electron chi connectivity index (χ1n) is 9.47. The highest BCUT2D eigenvalue weighted by Gasteiger charge is 2.19. The number of anilines is 1. The zero-order valence-corrected chi connectivity index (χ0v) is 17.3. The van der Waals surface area contributed by atoms with Gasteiger partial charge in [0.1, 0.15) is 5.75 Å². The average molecular weight is 431 g/mol. The third-order valence-electron chi connectivity index (χ3n) is 4.66. The van der Waals surface area contributed by atoms with Crippen molar-refractivity contribution in [2.45, 2.75) is 5.16 Å². The lowest BCUT2D eigenvalue weighted by atomic mass is 10.2. The molecule has 8 nitrogen and oxygen atoms in total. The van der Waals surface area contributed by atoms with Crippen molar-refractivity contribution in [2.75, 3.05) is 18.2 Å². The number of aromatic nitrogens is 4. The number of amides is 1. The van der Waals surface area contributed by atoms with E-state index in [1.54, 1.807) is 43.7 Å². The number of ether oxygens (including phenoxy) is 1. The first-order chi connectivity index (χ1) is 15.2. The van der Waals surface area contributed by atoms with E-state index in [2.05, 4.69) is 15.5 Å². The van der Waals surface area contributed by atoms with Crippen molar-refractivity contribution in [3.63, 3.8) is 0 Å². The molecule has 0 aliphatic heterocycles. The van der Waals surface area contributed by atoms with Gasteiger partial charge in [0, 0.05) is 11.1 Å². The highest BCUT2D eigenvalue weighted by atomic mass is 32.2. The predicted octanol–water partition coefficient (Wildman–Crippen LogP) is 4.28. The van der Waals surface area contributed by atoms with Gasteiger partial charge in [-0.05, 0) is 48.5 Å². The molecule has 2 aromatic carbocycles. The third kappa shape index (κ3) is 3.71. The molecule has 31 heavy (non-hydrogen) atoms. The number of methoxy groups -OCH3 is 1. The van der Waals surface area contributed by atoms with Gasteiger partial charge in [-0.15, -0.1) is 10.2 Å². The summed E-state index contributed by atoms with van der Waals surface area (Å²) in [6, 6.07) is 18.5. The fraction of sp³-hybridized carbons (Fsp3) is 0.0909. The molecule has 0 saturated heterocycles. The number of furan rings is 1. The number of carbonyl (C=O) groups is 1. The van der Waals surface area contributed by atoms with E-state index in [1.807, 2.05) is 34.7 Å². The molecule has 0 aliphatic rings. The second-order valence-corrected chi connectivity index (χ2v) is 7.58. The summed E-state index contributed by atoms with van der Waals surface area (Å²) in [6.07, 6.45) is 1.59. The molecule has 9 heteroatoms. The molecule has 0 bridgehead atoms. The normalized spacial score (nSPS) is 11.1. The van der Waals surface area contributed by atoms with Gasteiger partial charge in [0.15, 0.2) is 22.4 Å². The largest absolute Gasteiger partial charge is 0.497 e. The minimum atomic E-state index is -0.153. The van der Waals surface area contributed by atoms with Gasteiger partial charge in [-0.1, -0.05) is 23.9 Å². The molecule has 0 spiro atoms. The van der Waals surface area contributed by atoms with E-state index in [9.17, 15) is 4.79 Å². The fourth-order valence-electron chi connectivity index (χ4n) is 3.23. The van der Waals surface area contributed by atoms with Gasteiger partial charge < -0.3 is 14.5 Å². The summed E-state index contributed by atoms with van der Waals surface area (Å²) >= 11 is 1.28. The Morgan fingerprint density at radius 3 is 2.71 bits per heavy atom. The van der Waals surface area contributed by atoms with Gasteiger partial charge in [0.05, 0.1) is 24.6 Å². The van der Waals surface area contributed by atoms with Crippen LogP contribution >= 0.6 is 11.8 Å². The first kappa shape index (κ1) is 19.1. The highest BCUT2D eigenvalue weighted by Crippen LogP contribution is 2.29. The molecule has 0 aliphatic carbocycles. The van der Waals surface area contributed by atoms with Gasteiger partial charge in [-0.3, -0.25) is 9.20 Å². The molecule has 3 aromatic heterocycles. The quantitative estimate of drug-likeness (QED) is 0.401. The van der Waals surface area contributed by atoms with Crippen molar-refractivity contribution in [3.05, 3.63) is 66.9 Å². The minimum absolute atomic E-state index is 0.153. The summed E-state index contributed by atoms with van der Waals surface area (Å²) in [5.74, 6) is 1.92. The maximum atomic E-state index is 12.5. The number of thioether (sulfide) groups is 1. The molecule has 0 fully saturated rings. The summed E-state index contributed by atoms with van der Waals surface area (Å²) < 4.78 is 12.5. The Labute approximate surface area is 181 Å². The van der Waals surface area contributed by atoms with Gasteiger partial charge in [0.2, 0.25) is 5.91 Å². The van der Waals surface area contributed by atoms with E-state index >= 15 is 0 Å². The summed E-state index contributed by atoms with van der Waals surface area (Å²) in [4.78, 5) is 17.2. The summed E-state index contributed by atoms with van der Waals surface area (Å²) in [5.41, 5.74) is 2.15. The average Bonchev–Trinajstić information content (AvgIpc) is 3.48. The Bertz CT molecular complexity index is 1360. The number of nitrogens with zero attached hydrogens (tertiary/aromatic N) is 4. The Hall–Kier alpha value is -3.85. The molecule has 1 amide bonds. The van der Waals surface area contributed by atoms with Crippen molar-refractivity contribution in [2.24, 2.45) is 0 Å². The number of rotatable bonds is 6. The lowest BCUT2D eigenvalue weighted by Gasteiger charge is -2.08. The number of nitrogens with one attached hydrogen (secondary N) is 1. The highest BCUT2D eigenvalue weighted by molar-refractivity contribution is 7.99. The van der Waals surface area contributed by atoms with Gasteiger partial charge >= 0.3 is 0 Å². The molecule has 1 N–H and O–H groups in total. The molecule has 0 atom stereocenters. The van der Waals surface area contributed by atoms with Crippen molar-refractivity contribution in [1.82, 2.24) is 19.6 Å². The molecule has 5 rings (SSSR count). The van der Waals surface area contributed by atoms with Crippen molar-refractivity contribution < 1.29 is 13.9 Å². The van der Waals surface area contributed by atoms with E-state index in [1.165, 1.54) is 11.8 Å². The van der Waals surface area contributed by atoms with E-state index in [-0.39, 0.29) is 11.7 Å². The van der Waals surface area contributed by atoms with Gasteiger partial charge in [-0.25, -0.2) is 4.98 Å². The molecular weight excluding hydrogens is 414 g/mol. The Kier molecular flexibility index (Phi) is 5.01. The number of carbonyl (C=O) groups excluding carboxylic acids is 1. The van der Waals surface area contributed by atoms with Crippen molar-refractivity contribution in [3.8, 4) is 17.3 Å². The van der Waals surface area contributed by atoms with E-state index < -0.39 is 0 Å². The number of benzene rings is 2. The Morgan fingerprint density at radius 2 is 1.94 bits per heavy atom. The number of fused-ring (bicyclic) bond motifs is 3. The first-order valence-corrected chi connectivity index (χ1v) is 10.5. The lowest BCUT2D eigenvalue weighted by Crippen LogP contribution is -2.14. The molecule has 0 radical (unpaired) electrons. The second kappa shape index (κ2) is 8.11. The Balaban J connectivity index is 1.44. The minimum Gasteiger partial charge on any atom is -0.497 e. The van der Waals surface area contributed by atoms with Crippen LogP contribution in [0.15, 0.2) is 76.5 Å². The monoisotopic (exact) mass is 431 g/mol. The van der Waals surface area contributed by atoms with Gasteiger partial charge in [0.25, 0.3) is 0 Å². The molecule has 0 saturated carbocycles. The predicted molar refractivity (Wildman–Crippen MR) is 118 cm³/mol. The van der Waals surface area contributed by atoms with Crippen LogP contribution < -0.4 is 10.1 Å². The van der Waals surface area contributed by atoms with Crippen LogP contribution in [-0.2, 0) is 4.79 Å². The van der Waals surface area contributed by atoms with E-state index in [4.69, 9.17) is 14.1 Å². The topological polar surface area (TPSA) is 94.5 Å². The fourth-order valence-corrected chi connectivity index (χ4v) is 3.96. The number of para-hydroxylation sites is 1. The van der Waals surface area contributed by atoms with E-state index in [0.29, 0.717) is 28.1 Å². The Morgan fingerprint density at radius 1 is 1.10 bits per heavy atom. The summed E-state index contributed by atoms with van der Waals surface area (Å²) in [5, 5.41) is 13.0. The second-order valence-electron chi connectivity index (χ2n) is 6.64. The maximum Gasteiger partial charge on any atom is 0.234 e. The molecular formula is C22H17N5O3S. The van der Waals surface area contributed by atoms with Crippen molar-refractivity contribution in [1.29, 1.82) is 0 Å². The van der Waals surface area contributed by atoms with Crippen LogP contribution in [0.2, 0.25) is 0 Å². The maximum absolute atomic E-state index is 12.5. The molecule has 0 unspecified atom stereocenters. The molecule has 3 heterocycles. The lowest BCUT2D eigenvalue weighted by molar-refractivity contribution is -0.113. The van der Waals surface area contributed by atoms with Crippen molar-refractivity contribution >= 4 is 39.9 Å².